The molecule has 0 unspecified atom stereocenters. The largest absolute Gasteiger partial charge is 0.497 e. The molecule has 100 valence electrons. The average molecular weight is 270 g/mol. The van der Waals surface area contributed by atoms with Crippen LogP contribution in [0.15, 0.2) is 18.3 Å². The van der Waals surface area contributed by atoms with Crippen LogP contribution < -0.4 is 10.1 Å². The number of methoxy groups -OCH3 is 1. The number of hydrogen-bond donors (Lipinski definition) is 2. The molecule has 1 aromatic heterocycles. The van der Waals surface area contributed by atoms with E-state index >= 15 is 0 Å². The minimum absolute atomic E-state index is 0.284. The molecule has 0 aliphatic heterocycles. The first-order valence-electron chi connectivity index (χ1n) is 5.61. The number of aliphatic hydroxyl groups is 1. The van der Waals surface area contributed by atoms with Crippen LogP contribution >= 0.6 is 11.8 Å². The van der Waals surface area contributed by atoms with Gasteiger partial charge in [-0.1, -0.05) is 0 Å². The zero-order valence-electron chi connectivity index (χ0n) is 10.5. The highest BCUT2D eigenvalue weighted by Gasteiger charge is 2.13. The van der Waals surface area contributed by atoms with E-state index in [1.165, 1.54) is 0 Å². The summed E-state index contributed by atoms with van der Waals surface area (Å²) in [7, 11) is 1.57. The smallest absolute Gasteiger partial charge is 0.249 e. The number of aromatic nitrogens is 1. The Kier molecular flexibility index (Phi) is 6.53. The molecule has 0 aromatic carbocycles. The minimum Gasteiger partial charge on any atom is -0.497 e. The lowest BCUT2D eigenvalue weighted by atomic mass is 10.2. The van der Waals surface area contributed by atoms with Crippen molar-refractivity contribution in [3.63, 3.8) is 0 Å². The van der Waals surface area contributed by atoms with Gasteiger partial charge in [0, 0.05) is 12.3 Å². The molecule has 0 aliphatic carbocycles. The molecular weight excluding hydrogens is 252 g/mol. The molecule has 6 heteroatoms. The number of thioether (sulfide) groups is 1. The molecule has 1 amide bonds. The molecule has 18 heavy (non-hydrogen) atoms. The SMILES string of the molecule is COc1ccnc(CNC(=O)[C@@H](O)CCSC)c1. The number of carbonyl (C=O) groups is 1. The Hall–Kier alpha value is -1.27. The predicted molar refractivity (Wildman–Crippen MR) is 71.6 cm³/mol. The normalized spacial score (nSPS) is 11.9. The van der Waals surface area contributed by atoms with Crippen LogP contribution in [0.1, 0.15) is 12.1 Å². The first-order chi connectivity index (χ1) is 8.67. The molecular formula is C12H18N2O3S. The van der Waals surface area contributed by atoms with E-state index in [0.717, 1.165) is 5.75 Å². The third-order valence-corrected chi connectivity index (χ3v) is 3.01. The second kappa shape index (κ2) is 7.94. The Morgan fingerprint density at radius 1 is 1.67 bits per heavy atom. The van der Waals surface area contributed by atoms with Gasteiger partial charge in [-0.2, -0.15) is 11.8 Å². The lowest BCUT2D eigenvalue weighted by Gasteiger charge is -2.10. The Balaban J connectivity index is 2.41. The Morgan fingerprint density at radius 2 is 2.44 bits per heavy atom. The third-order valence-electron chi connectivity index (χ3n) is 2.37. The van der Waals surface area contributed by atoms with Crippen molar-refractivity contribution in [3.8, 4) is 5.75 Å². The highest BCUT2D eigenvalue weighted by atomic mass is 32.2. The summed E-state index contributed by atoms with van der Waals surface area (Å²) in [6.45, 7) is 0.284. The van der Waals surface area contributed by atoms with Gasteiger partial charge in [0.2, 0.25) is 5.91 Å². The van der Waals surface area contributed by atoms with Gasteiger partial charge in [0.15, 0.2) is 0 Å². The standard InChI is InChI=1S/C12H18N2O3S/c1-17-10-3-5-13-9(7-10)8-14-12(16)11(15)4-6-18-2/h3,5,7,11,15H,4,6,8H2,1-2H3,(H,14,16)/t11-/m0/s1. The number of nitrogens with zero attached hydrogens (tertiary/aromatic N) is 1. The second-order valence-electron chi connectivity index (χ2n) is 3.70. The molecule has 1 atom stereocenters. The Labute approximate surface area is 111 Å². The fourth-order valence-corrected chi connectivity index (χ4v) is 1.79. The highest BCUT2D eigenvalue weighted by Crippen LogP contribution is 2.09. The summed E-state index contributed by atoms with van der Waals surface area (Å²) in [5, 5.41) is 12.2. The van der Waals surface area contributed by atoms with Crippen molar-refractivity contribution in [1.29, 1.82) is 0 Å². The molecule has 0 saturated carbocycles. The lowest BCUT2D eigenvalue weighted by Crippen LogP contribution is -2.34. The van der Waals surface area contributed by atoms with Gasteiger partial charge in [-0.15, -0.1) is 0 Å². The Morgan fingerprint density at radius 3 is 3.11 bits per heavy atom. The number of rotatable bonds is 7. The van der Waals surface area contributed by atoms with Crippen molar-refractivity contribution in [2.24, 2.45) is 0 Å². The maximum atomic E-state index is 11.5. The molecule has 0 saturated heterocycles. The molecule has 0 bridgehead atoms. The second-order valence-corrected chi connectivity index (χ2v) is 4.69. The first kappa shape index (κ1) is 14.8. The highest BCUT2D eigenvalue weighted by molar-refractivity contribution is 7.98. The molecule has 1 rings (SSSR count). The number of nitrogens with one attached hydrogen (secondary N) is 1. The van der Waals surface area contributed by atoms with Crippen molar-refractivity contribution < 1.29 is 14.6 Å². The van der Waals surface area contributed by atoms with Gasteiger partial charge in [-0.05, 0) is 24.5 Å². The summed E-state index contributed by atoms with van der Waals surface area (Å²) in [5.74, 6) is 1.08. The van der Waals surface area contributed by atoms with E-state index in [1.54, 1.807) is 37.2 Å². The van der Waals surface area contributed by atoms with E-state index in [2.05, 4.69) is 10.3 Å². The number of pyridine rings is 1. The van der Waals surface area contributed by atoms with Crippen molar-refractivity contribution in [2.75, 3.05) is 19.1 Å². The van der Waals surface area contributed by atoms with Crippen LogP contribution in [-0.4, -0.2) is 41.2 Å². The van der Waals surface area contributed by atoms with Crippen LogP contribution in [-0.2, 0) is 11.3 Å². The van der Waals surface area contributed by atoms with Crippen LogP contribution in [0.5, 0.6) is 5.75 Å². The van der Waals surface area contributed by atoms with Crippen LogP contribution in [0.4, 0.5) is 0 Å². The first-order valence-corrected chi connectivity index (χ1v) is 7.00. The molecule has 1 aromatic rings. The molecule has 0 spiro atoms. The van der Waals surface area contributed by atoms with Gasteiger partial charge in [-0.3, -0.25) is 9.78 Å². The van der Waals surface area contributed by atoms with E-state index < -0.39 is 6.10 Å². The average Bonchev–Trinajstić information content (AvgIpc) is 2.42. The molecule has 1 heterocycles. The van der Waals surface area contributed by atoms with Crippen LogP contribution in [0.25, 0.3) is 0 Å². The Bertz CT molecular complexity index is 387. The fourth-order valence-electron chi connectivity index (χ4n) is 1.34. The predicted octanol–water partition coefficient (Wildman–Crippen LogP) is 0.820. The van der Waals surface area contributed by atoms with E-state index in [-0.39, 0.29) is 12.5 Å². The van der Waals surface area contributed by atoms with Gasteiger partial charge in [-0.25, -0.2) is 0 Å². The number of hydrogen-bond acceptors (Lipinski definition) is 5. The van der Waals surface area contributed by atoms with Crippen molar-refractivity contribution in [1.82, 2.24) is 10.3 Å². The van der Waals surface area contributed by atoms with Crippen molar-refractivity contribution in [3.05, 3.63) is 24.0 Å². The topological polar surface area (TPSA) is 71.5 Å². The van der Waals surface area contributed by atoms with Gasteiger partial charge in [0.05, 0.1) is 19.3 Å². The van der Waals surface area contributed by atoms with Gasteiger partial charge in [0.25, 0.3) is 0 Å². The molecule has 5 nitrogen and oxygen atoms in total. The zero-order chi connectivity index (χ0) is 13.4. The molecule has 0 radical (unpaired) electrons. The monoisotopic (exact) mass is 270 g/mol. The maximum Gasteiger partial charge on any atom is 0.249 e. The number of amides is 1. The van der Waals surface area contributed by atoms with E-state index in [1.807, 2.05) is 6.26 Å². The van der Waals surface area contributed by atoms with E-state index in [4.69, 9.17) is 4.74 Å². The molecule has 2 N–H and O–H groups in total. The zero-order valence-corrected chi connectivity index (χ0v) is 11.4. The minimum atomic E-state index is -0.956. The molecule has 0 aliphatic rings. The van der Waals surface area contributed by atoms with Crippen LogP contribution in [0.2, 0.25) is 0 Å². The summed E-state index contributed by atoms with van der Waals surface area (Å²) < 4.78 is 5.06. The summed E-state index contributed by atoms with van der Waals surface area (Å²) >= 11 is 1.60. The van der Waals surface area contributed by atoms with Crippen molar-refractivity contribution >= 4 is 17.7 Å². The van der Waals surface area contributed by atoms with Gasteiger partial charge < -0.3 is 15.2 Å². The third kappa shape index (κ3) is 4.93. The fraction of sp³-hybridized carbons (Fsp3) is 0.500. The lowest BCUT2D eigenvalue weighted by molar-refractivity contribution is -0.129. The summed E-state index contributed by atoms with van der Waals surface area (Å²) in [6.07, 6.45) is 3.05. The van der Waals surface area contributed by atoms with Gasteiger partial charge >= 0.3 is 0 Å². The van der Waals surface area contributed by atoms with E-state index in [0.29, 0.717) is 17.9 Å². The number of carbonyl (C=O) groups excluding carboxylic acids is 1. The van der Waals surface area contributed by atoms with Gasteiger partial charge in [0.1, 0.15) is 11.9 Å². The molecule has 0 fully saturated rings. The van der Waals surface area contributed by atoms with Crippen LogP contribution in [0, 0.1) is 0 Å². The maximum absolute atomic E-state index is 11.5. The number of aliphatic hydroxyl groups excluding tert-OH is 1. The van der Waals surface area contributed by atoms with Crippen LogP contribution in [0.3, 0.4) is 0 Å². The number of ether oxygens (including phenoxy) is 1. The van der Waals surface area contributed by atoms with E-state index in [9.17, 15) is 9.90 Å². The summed E-state index contributed by atoms with van der Waals surface area (Å²) in [4.78, 5) is 15.6. The summed E-state index contributed by atoms with van der Waals surface area (Å²) in [6, 6.07) is 3.48. The van der Waals surface area contributed by atoms with Crippen molar-refractivity contribution in [2.45, 2.75) is 19.1 Å². The quantitative estimate of drug-likeness (QED) is 0.767. The summed E-state index contributed by atoms with van der Waals surface area (Å²) in [5.41, 5.74) is 0.694.